The minimum atomic E-state index is 0.0921. The summed E-state index contributed by atoms with van der Waals surface area (Å²) in [5.41, 5.74) is 2.01. The molecule has 1 aliphatic heterocycles. The van der Waals surface area contributed by atoms with Crippen LogP contribution in [0.25, 0.3) is 5.65 Å². The third-order valence-corrected chi connectivity index (χ3v) is 4.61. The van der Waals surface area contributed by atoms with E-state index >= 15 is 0 Å². The van der Waals surface area contributed by atoms with Gasteiger partial charge in [0, 0.05) is 13.1 Å². The minimum Gasteiger partial charge on any atom is -0.367 e. The number of hydrogen-bond acceptors (Lipinski definition) is 6. The van der Waals surface area contributed by atoms with Crippen LogP contribution in [0.4, 0.5) is 5.82 Å². The van der Waals surface area contributed by atoms with E-state index in [9.17, 15) is 0 Å². The fraction of sp³-hybridized carbons (Fsp3) is 0.400. The molecule has 0 N–H and O–H groups in total. The average Bonchev–Trinajstić information content (AvgIpc) is 3.17. The molecule has 2 atom stereocenters. The summed E-state index contributed by atoms with van der Waals surface area (Å²) in [6, 6.07) is 6.10. The van der Waals surface area contributed by atoms with Crippen molar-refractivity contribution in [3.05, 3.63) is 40.3 Å². The number of aryl methyl sites for hydroxylation is 1. The summed E-state index contributed by atoms with van der Waals surface area (Å²) < 4.78 is 7.87. The van der Waals surface area contributed by atoms with Gasteiger partial charge in [0.15, 0.2) is 11.5 Å². The lowest BCUT2D eigenvalue weighted by Crippen LogP contribution is -2.43. The largest absolute Gasteiger partial charge is 0.367 e. The molecule has 0 aromatic carbocycles. The van der Waals surface area contributed by atoms with E-state index in [0.717, 1.165) is 30.4 Å². The number of thiophene rings is 1. The molecule has 0 spiro atoms. The summed E-state index contributed by atoms with van der Waals surface area (Å²) >= 11 is 1.70. The Bertz CT molecular complexity index is 784. The molecule has 4 heterocycles. The van der Waals surface area contributed by atoms with Crippen molar-refractivity contribution < 1.29 is 4.74 Å². The molecule has 0 amide bonds. The summed E-state index contributed by atoms with van der Waals surface area (Å²) in [6.45, 7) is 5.65. The van der Waals surface area contributed by atoms with E-state index in [-0.39, 0.29) is 12.2 Å². The van der Waals surface area contributed by atoms with E-state index in [1.165, 1.54) is 5.56 Å². The highest BCUT2D eigenvalue weighted by Crippen LogP contribution is 2.29. The molecule has 4 rings (SSSR count). The first kappa shape index (κ1) is 13.7. The van der Waals surface area contributed by atoms with Crippen LogP contribution in [0.5, 0.6) is 0 Å². The van der Waals surface area contributed by atoms with Crippen LogP contribution >= 0.6 is 11.3 Å². The van der Waals surface area contributed by atoms with Crippen LogP contribution in [-0.4, -0.2) is 39.0 Å². The predicted octanol–water partition coefficient (Wildman–Crippen LogP) is 2.46. The van der Waals surface area contributed by atoms with Gasteiger partial charge in [-0.25, -0.2) is 0 Å². The molecule has 3 aromatic heterocycles. The van der Waals surface area contributed by atoms with Gasteiger partial charge < -0.3 is 9.64 Å². The molecule has 114 valence electrons. The number of ether oxygens (including phenoxy) is 1. The van der Waals surface area contributed by atoms with Crippen LogP contribution in [0.2, 0.25) is 0 Å². The third-order valence-electron chi connectivity index (χ3n) is 3.90. The van der Waals surface area contributed by atoms with E-state index in [4.69, 9.17) is 4.74 Å². The van der Waals surface area contributed by atoms with Crippen LogP contribution in [0.1, 0.15) is 24.4 Å². The quantitative estimate of drug-likeness (QED) is 0.727. The van der Waals surface area contributed by atoms with E-state index in [1.807, 2.05) is 19.1 Å². The third kappa shape index (κ3) is 2.36. The molecular formula is C15H17N5OS. The molecule has 1 saturated heterocycles. The molecule has 0 bridgehead atoms. The predicted molar refractivity (Wildman–Crippen MR) is 85.3 cm³/mol. The average molecular weight is 315 g/mol. The van der Waals surface area contributed by atoms with E-state index in [0.29, 0.717) is 0 Å². The molecular weight excluding hydrogens is 298 g/mol. The fourth-order valence-corrected chi connectivity index (χ4v) is 3.54. The Morgan fingerprint density at radius 1 is 1.23 bits per heavy atom. The second-order valence-corrected chi connectivity index (χ2v) is 6.39. The smallest absolute Gasteiger partial charge is 0.178 e. The zero-order chi connectivity index (χ0) is 15.1. The van der Waals surface area contributed by atoms with Crippen LogP contribution in [-0.2, 0) is 4.74 Å². The highest BCUT2D eigenvalue weighted by atomic mass is 32.1. The Labute approximate surface area is 132 Å². The van der Waals surface area contributed by atoms with Gasteiger partial charge in [-0.2, -0.15) is 15.9 Å². The molecule has 6 nitrogen and oxygen atoms in total. The minimum absolute atomic E-state index is 0.0921. The zero-order valence-electron chi connectivity index (χ0n) is 12.5. The Morgan fingerprint density at radius 3 is 2.95 bits per heavy atom. The first-order chi connectivity index (χ1) is 10.7. The normalized spacial score (nSPS) is 22.4. The van der Waals surface area contributed by atoms with Crippen LogP contribution < -0.4 is 4.90 Å². The number of anilines is 1. The Balaban J connectivity index is 1.66. The molecule has 0 aliphatic carbocycles. The molecule has 0 unspecified atom stereocenters. The van der Waals surface area contributed by atoms with Gasteiger partial charge in [-0.05, 0) is 48.4 Å². The van der Waals surface area contributed by atoms with Crippen LogP contribution in [0.3, 0.4) is 0 Å². The number of rotatable bonds is 2. The molecule has 7 heteroatoms. The Kier molecular flexibility index (Phi) is 3.31. The molecule has 0 saturated carbocycles. The molecule has 0 radical (unpaired) electrons. The number of nitrogens with zero attached hydrogens (tertiary/aromatic N) is 5. The van der Waals surface area contributed by atoms with Crippen molar-refractivity contribution in [1.82, 2.24) is 19.8 Å². The number of morpholine rings is 1. The second kappa shape index (κ2) is 5.33. The summed E-state index contributed by atoms with van der Waals surface area (Å²) in [7, 11) is 0. The SMILES string of the molecule is Cc1nnc2ccc(N3C[C@H](C)O[C@@H](c4ccsc4)C3)nn12. The van der Waals surface area contributed by atoms with Crippen LogP contribution in [0, 0.1) is 6.92 Å². The number of aromatic nitrogens is 4. The fourth-order valence-electron chi connectivity index (χ4n) is 2.84. The highest BCUT2D eigenvalue weighted by Gasteiger charge is 2.27. The van der Waals surface area contributed by atoms with Crippen molar-refractivity contribution in [2.45, 2.75) is 26.1 Å². The van der Waals surface area contributed by atoms with Gasteiger partial charge >= 0.3 is 0 Å². The number of hydrogen-bond donors (Lipinski definition) is 0. The van der Waals surface area contributed by atoms with E-state index < -0.39 is 0 Å². The topological polar surface area (TPSA) is 55.5 Å². The van der Waals surface area contributed by atoms with Gasteiger partial charge in [0.2, 0.25) is 0 Å². The van der Waals surface area contributed by atoms with Gasteiger partial charge in [-0.1, -0.05) is 0 Å². The maximum Gasteiger partial charge on any atom is 0.178 e. The van der Waals surface area contributed by atoms with Gasteiger partial charge in [0.25, 0.3) is 0 Å². The van der Waals surface area contributed by atoms with Gasteiger partial charge in [0.05, 0.1) is 6.10 Å². The molecule has 1 fully saturated rings. The first-order valence-electron chi connectivity index (χ1n) is 7.32. The van der Waals surface area contributed by atoms with E-state index in [1.54, 1.807) is 15.9 Å². The lowest BCUT2D eigenvalue weighted by Gasteiger charge is -2.37. The summed E-state index contributed by atoms with van der Waals surface area (Å²) in [6.07, 6.45) is 0.257. The monoisotopic (exact) mass is 315 g/mol. The van der Waals surface area contributed by atoms with Crippen molar-refractivity contribution in [2.24, 2.45) is 0 Å². The molecule has 1 aliphatic rings. The van der Waals surface area contributed by atoms with Crippen molar-refractivity contribution >= 4 is 22.8 Å². The second-order valence-electron chi connectivity index (χ2n) is 5.61. The maximum absolute atomic E-state index is 6.08. The lowest BCUT2D eigenvalue weighted by molar-refractivity contribution is -0.0174. The van der Waals surface area contributed by atoms with Crippen molar-refractivity contribution in [3.8, 4) is 0 Å². The first-order valence-corrected chi connectivity index (χ1v) is 8.26. The molecule has 22 heavy (non-hydrogen) atoms. The Hall–Kier alpha value is -1.99. The van der Waals surface area contributed by atoms with Crippen molar-refractivity contribution in [2.75, 3.05) is 18.0 Å². The van der Waals surface area contributed by atoms with Crippen molar-refractivity contribution in [1.29, 1.82) is 0 Å². The highest BCUT2D eigenvalue weighted by molar-refractivity contribution is 7.07. The van der Waals surface area contributed by atoms with Crippen LogP contribution in [0.15, 0.2) is 29.0 Å². The van der Waals surface area contributed by atoms with E-state index in [2.05, 4.69) is 43.9 Å². The summed E-state index contributed by atoms with van der Waals surface area (Å²) in [4.78, 5) is 2.27. The molecule has 3 aromatic rings. The summed E-state index contributed by atoms with van der Waals surface area (Å²) in [5.74, 6) is 1.73. The van der Waals surface area contributed by atoms with Crippen molar-refractivity contribution in [3.63, 3.8) is 0 Å². The number of fused-ring (bicyclic) bond motifs is 1. The van der Waals surface area contributed by atoms with Gasteiger partial charge in [0.1, 0.15) is 11.9 Å². The standard InChI is InChI=1S/C15H17N5OS/c1-10-7-19(8-13(21-10)12-5-6-22-9-12)15-4-3-14-17-16-11(2)20(14)18-15/h3-6,9-10,13H,7-8H2,1-2H3/t10-,13+/m0/s1. The Morgan fingerprint density at radius 2 is 2.14 bits per heavy atom. The van der Waals surface area contributed by atoms with Gasteiger partial charge in [-0.15, -0.1) is 15.3 Å². The maximum atomic E-state index is 6.08. The van der Waals surface area contributed by atoms with Gasteiger partial charge in [-0.3, -0.25) is 0 Å². The lowest BCUT2D eigenvalue weighted by atomic mass is 10.1. The summed E-state index contributed by atoms with van der Waals surface area (Å²) in [5, 5.41) is 17.1. The zero-order valence-corrected chi connectivity index (χ0v) is 13.3.